The molecule has 0 bridgehead atoms. The first kappa shape index (κ1) is 20.8. The van der Waals surface area contributed by atoms with Crippen LogP contribution in [0, 0.1) is 5.82 Å². The standard InChI is InChI=1S/C19H15F4N3O2S/c1-24-18(25-13-4-2-3-11(9-13)19(21,22)23)29-15-10-16(27)26(17(15)28)14-7-5-12(20)6-8-14/h2-9,15H,10H2,1H3,(H,24,25)/t15-/m0/s1. The van der Waals surface area contributed by atoms with E-state index in [1.165, 1.54) is 31.3 Å². The Kier molecular flexibility index (Phi) is 5.92. The third-order valence-electron chi connectivity index (χ3n) is 4.09. The molecule has 5 nitrogen and oxygen atoms in total. The van der Waals surface area contributed by atoms with Crippen molar-refractivity contribution in [2.75, 3.05) is 17.3 Å². The Morgan fingerprint density at radius 2 is 1.86 bits per heavy atom. The van der Waals surface area contributed by atoms with Crippen LogP contribution in [0.5, 0.6) is 0 Å². The predicted octanol–water partition coefficient (Wildman–Crippen LogP) is 4.31. The van der Waals surface area contributed by atoms with Gasteiger partial charge in [-0.05, 0) is 42.5 Å². The van der Waals surface area contributed by atoms with Crippen LogP contribution >= 0.6 is 11.8 Å². The average molecular weight is 425 g/mol. The Bertz CT molecular complexity index is 961. The first-order chi connectivity index (χ1) is 13.7. The number of amidine groups is 1. The third-order valence-corrected chi connectivity index (χ3v) is 5.25. The lowest BCUT2D eigenvalue weighted by Gasteiger charge is -2.16. The van der Waals surface area contributed by atoms with Crippen molar-refractivity contribution in [3.63, 3.8) is 0 Å². The smallest absolute Gasteiger partial charge is 0.335 e. The molecule has 0 aromatic heterocycles. The SMILES string of the molecule is CN=C(Nc1cccc(C(F)(F)F)c1)S[C@H]1CC(=O)N(c2ccc(F)cc2)C1=O. The monoisotopic (exact) mass is 425 g/mol. The Labute approximate surface area is 167 Å². The predicted molar refractivity (Wildman–Crippen MR) is 103 cm³/mol. The molecular weight excluding hydrogens is 410 g/mol. The van der Waals surface area contributed by atoms with E-state index in [-0.39, 0.29) is 23.0 Å². The van der Waals surface area contributed by atoms with Crippen molar-refractivity contribution in [2.45, 2.75) is 17.8 Å². The van der Waals surface area contributed by atoms with Gasteiger partial charge >= 0.3 is 6.18 Å². The number of imide groups is 1. The lowest BCUT2D eigenvalue weighted by molar-refractivity contribution is -0.137. The molecule has 1 fully saturated rings. The van der Waals surface area contributed by atoms with Crippen molar-refractivity contribution in [1.29, 1.82) is 0 Å². The largest absolute Gasteiger partial charge is 0.416 e. The Morgan fingerprint density at radius 1 is 1.17 bits per heavy atom. The number of nitrogens with zero attached hydrogens (tertiary/aromatic N) is 2. The fraction of sp³-hybridized carbons (Fsp3) is 0.211. The number of carbonyl (C=O) groups excluding carboxylic acids is 2. The Balaban J connectivity index is 1.72. The highest BCUT2D eigenvalue weighted by molar-refractivity contribution is 8.15. The summed E-state index contributed by atoms with van der Waals surface area (Å²) in [5.41, 5.74) is -0.414. The number of rotatable bonds is 3. The van der Waals surface area contributed by atoms with Gasteiger partial charge in [0, 0.05) is 19.2 Å². The summed E-state index contributed by atoms with van der Waals surface area (Å²) in [5, 5.41) is 2.14. The van der Waals surface area contributed by atoms with E-state index in [0.29, 0.717) is 0 Å². The highest BCUT2D eigenvalue weighted by atomic mass is 32.2. The first-order valence-corrected chi connectivity index (χ1v) is 9.27. The molecule has 0 spiro atoms. The number of alkyl halides is 3. The molecule has 1 aliphatic rings. The van der Waals surface area contributed by atoms with Crippen molar-refractivity contribution in [1.82, 2.24) is 0 Å². The number of anilines is 2. The van der Waals surface area contributed by atoms with Crippen molar-refractivity contribution >= 4 is 40.1 Å². The maximum atomic E-state index is 13.1. The third kappa shape index (κ3) is 4.76. The summed E-state index contributed by atoms with van der Waals surface area (Å²) >= 11 is 0.945. The maximum absolute atomic E-state index is 13.1. The van der Waals surface area contributed by atoms with Crippen molar-refractivity contribution in [3.05, 3.63) is 59.9 Å². The van der Waals surface area contributed by atoms with E-state index in [9.17, 15) is 27.2 Å². The number of amides is 2. The normalized spacial score (nSPS) is 17.8. The molecule has 2 aromatic rings. The van der Waals surface area contributed by atoms with Gasteiger partial charge in [-0.1, -0.05) is 17.8 Å². The second kappa shape index (κ2) is 8.24. The minimum absolute atomic E-state index is 0.107. The van der Waals surface area contributed by atoms with Gasteiger partial charge in [-0.25, -0.2) is 9.29 Å². The average Bonchev–Trinajstić information content (AvgIpc) is 2.95. The first-order valence-electron chi connectivity index (χ1n) is 8.39. The van der Waals surface area contributed by atoms with Crippen LogP contribution in [-0.2, 0) is 15.8 Å². The topological polar surface area (TPSA) is 61.8 Å². The van der Waals surface area contributed by atoms with E-state index in [1.54, 1.807) is 0 Å². The van der Waals surface area contributed by atoms with Gasteiger partial charge in [0.25, 0.3) is 0 Å². The highest BCUT2D eigenvalue weighted by Gasteiger charge is 2.40. The van der Waals surface area contributed by atoms with E-state index in [4.69, 9.17) is 0 Å². The summed E-state index contributed by atoms with van der Waals surface area (Å²) in [6.45, 7) is 0. The molecule has 0 unspecified atom stereocenters. The van der Waals surface area contributed by atoms with Crippen LogP contribution in [0.25, 0.3) is 0 Å². The number of aliphatic imine (C=N–C) groups is 1. The summed E-state index contributed by atoms with van der Waals surface area (Å²) in [4.78, 5) is 29.9. The van der Waals surface area contributed by atoms with Crippen LogP contribution in [0.4, 0.5) is 28.9 Å². The van der Waals surface area contributed by atoms with Gasteiger partial charge in [-0.15, -0.1) is 0 Å². The van der Waals surface area contributed by atoms with Gasteiger partial charge in [0.2, 0.25) is 11.8 Å². The molecule has 1 saturated heterocycles. The molecule has 2 amide bonds. The Morgan fingerprint density at radius 3 is 2.48 bits per heavy atom. The zero-order chi connectivity index (χ0) is 21.2. The van der Waals surface area contributed by atoms with Gasteiger partial charge in [0.1, 0.15) is 11.1 Å². The molecule has 0 saturated carbocycles. The summed E-state index contributed by atoms with van der Waals surface area (Å²) < 4.78 is 51.7. The molecule has 0 aliphatic carbocycles. The van der Waals surface area contributed by atoms with Crippen LogP contribution in [0.3, 0.4) is 0 Å². The quantitative estimate of drug-likeness (QED) is 0.345. The molecule has 152 valence electrons. The van der Waals surface area contributed by atoms with Crippen LogP contribution < -0.4 is 10.2 Å². The fourth-order valence-corrected chi connectivity index (χ4v) is 3.71. The van der Waals surface area contributed by atoms with E-state index in [0.717, 1.165) is 40.9 Å². The molecule has 1 atom stereocenters. The molecule has 1 aliphatic heterocycles. The summed E-state index contributed by atoms with van der Waals surface area (Å²) in [5.74, 6) is -1.45. The zero-order valence-electron chi connectivity index (χ0n) is 15.0. The molecule has 3 rings (SSSR count). The zero-order valence-corrected chi connectivity index (χ0v) is 15.9. The number of nitrogens with one attached hydrogen (secondary N) is 1. The maximum Gasteiger partial charge on any atom is 0.416 e. The van der Waals surface area contributed by atoms with E-state index < -0.39 is 34.6 Å². The molecule has 1 heterocycles. The van der Waals surface area contributed by atoms with E-state index in [1.807, 2.05) is 0 Å². The summed E-state index contributed by atoms with van der Waals surface area (Å²) in [6.07, 6.45) is -4.60. The number of benzene rings is 2. The lowest BCUT2D eigenvalue weighted by atomic mass is 10.2. The van der Waals surface area contributed by atoms with Gasteiger partial charge in [0.15, 0.2) is 5.17 Å². The van der Waals surface area contributed by atoms with Crippen LogP contribution in [0.15, 0.2) is 53.5 Å². The number of carbonyl (C=O) groups is 2. The van der Waals surface area contributed by atoms with Crippen LogP contribution in [0.2, 0.25) is 0 Å². The van der Waals surface area contributed by atoms with Crippen LogP contribution in [-0.4, -0.2) is 29.3 Å². The number of hydrogen-bond donors (Lipinski definition) is 1. The van der Waals surface area contributed by atoms with Gasteiger partial charge < -0.3 is 5.32 Å². The molecule has 2 aromatic carbocycles. The van der Waals surface area contributed by atoms with Crippen LogP contribution in [0.1, 0.15) is 12.0 Å². The Hall–Kier alpha value is -2.88. The van der Waals surface area contributed by atoms with E-state index in [2.05, 4.69) is 10.3 Å². The van der Waals surface area contributed by atoms with E-state index >= 15 is 0 Å². The number of hydrogen-bond acceptors (Lipinski definition) is 4. The minimum atomic E-state index is -4.49. The van der Waals surface area contributed by atoms with Crippen molar-refractivity contribution in [2.24, 2.45) is 4.99 Å². The van der Waals surface area contributed by atoms with Gasteiger partial charge in [-0.2, -0.15) is 13.2 Å². The van der Waals surface area contributed by atoms with Gasteiger partial charge in [-0.3, -0.25) is 14.6 Å². The molecule has 0 radical (unpaired) electrons. The molecule has 10 heteroatoms. The second-order valence-electron chi connectivity index (χ2n) is 6.09. The second-order valence-corrected chi connectivity index (χ2v) is 7.28. The molecule has 29 heavy (non-hydrogen) atoms. The number of halogens is 4. The molecular formula is C19H15F4N3O2S. The molecule has 1 N–H and O–H groups in total. The highest BCUT2D eigenvalue weighted by Crippen LogP contribution is 2.33. The minimum Gasteiger partial charge on any atom is -0.335 e. The van der Waals surface area contributed by atoms with Gasteiger partial charge in [0.05, 0.1) is 11.3 Å². The summed E-state index contributed by atoms with van der Waals surface area (Å²) in [7, 11) is 1.42. The van der Waals surface area contributed by atoms with Crippen molar-refractivity contribution < 1.29 is 27.2 Å². The van der Waals surface area contributed by atoms with Crippen molar-refractivity contribution in [3.8, 4) is 0 Å². The number of thioether (sulfide) groups is 1. The fourth-order valence-electron chi connectivity index (χ4n) is 2.73. The lowest BCUT2D eigenvalue weighted by Crippen LogP contribution is -2.31. The summed E-state index contributed by atoms with van der Waals surface area (Å²) in [6, 6.07) is 9.51.